The van der Waals surface area contributed by atoms with Crippen LogP contribution in [0.5, 0.6) is 0 Å². The van der Waals surface area contributed by atoms with Crippen molar-refractivity contribution in [3.05, 3.63) is 0 Å². The van der Waals surface area contributed by atoms with Gasteiger partial charge in [0.1, 0.15) is 0 Å². The smallest absolute Gasteiger partial charge is 0.305 e. The van der Waals surface area contributed by atoms with Gasteiger partial charge in [-0.3, -0.25) is 9.59 Å². The van der Waals surface area contributed by atoms with Crippen LogP contribution in [0.1, 0.15) is 26.2 Å². The lowest BCUT2D eigenvalue weighted by Crippen LogP contribution is -2.27. The van der Waals surface area contributed by atoms with Crippen LogP contribution in [-0.4, -0.2) is 35.0 Å². The third kappa shape index (κ3) is 9.38. The van der Waals surface area contributed by atoms with Crippen molar-refractivity contribution in [2.45, 2.75) is 26.2 Å². The molecule has 0 bridgehead atoms. The Labute approximate surface area is 88.4 Å². The second-order valence-electron chi connectivity index (χ2n) is 2.90. The first-order valence-electron chi connectivity index (χ1n) is 4.73. The number of aliphatic carboxylic acids is 1. The molecule has 0 saturated heterocycles. The summed E-state index contributed by atoms with van der Waals surface area (Å²) in [6, 6.07) is 0. The molecule has 0 aromatic heterocycles. The third-order valence-electron chi connectivity index (χ3n) is 1.54. The predicted molar refractivity (Wildman–Crippen MR) is 57.5 cm³/mol. The number of rotatable bonds is 8. The summed E-state index contributed by atoms with van der Waals surface area (Å²) in [7, 11) is 0. The van der Waals surface area contributed by atoms with Gasteiger partial charge in [-0.15, -0.1) is 0 Å². The van der Waals surface area contributed by atoms with E-state index in [4.69, 9.17) is 5.11 Å². The van der Waals surface area contributed by atoms with Crippen molar-refractivity contribution in [2.75, 3.05) is 18.1 Å². The zero-order chi connectivity index (χ0) is 10.8. The van der Waals surface area contributed by atoms with Crippen LogP contribution in [0.4, 0.5) is 0 Å². The normalized spacial score (nSPS) is 9.79. The molecular weight excluding hydrogens is 202 g/mol. The fourth-order valence-corrected chi connectivity index (χ4v) is 1.70. The highest BCUT2D eigenvalue weighted by Crippen LogP contribution is 2.03. The van der Waals surface area contributed by atoms with Gasteiger partial charge in [-0.05, 0) is 12.2 Å². The Kier molecular flexibility index (Phi) is 8.42. The second kappa shape index (κ2) is 8.87. The van der Waals surface area contributed by atoms with E-state index in [1.807, 2.05) is 0 Å². The SMILES string of the molecule is CCCCSCC(=O)NCCC(=O)O. The number of carboxylic acid groups (broad SMARTS) is 1. The number of nitrogens with one attached hydrogen (secondary N) is 1. The zero-order valence-electron chi connectivity index (χ0n) is 8.41. The van der Waals surface area contributed by atoms with Crippen LogP contribution >= 0.6 is 11.8 Å². The van der Waals surface area contributed by atoms with E-state index in [0.717, 1.165) is 18.6 Å². The monoisotopic (exact) mass is 219 g/mol. The van der Waals surface area contributed by atoms with Gasteiger partial charge in [0.25, 0.3) is 0 Å². The largest absolute Gasteiger partial charge is 0.481 e. The lowest BCUT2D eigenvalue weighted by atomic mass is 10.4. The Morgan fingerprint density at radius 2 is 2.14 bits per heavy atom. The van der Waals surface area contributed by atoms with Gasteiger partial charge >= 0.3 is 5.97 Å². The minimum atomic E-state index is -0.885. The maximum absolute atomic E-state index is 11.1. The van der Waals surface area contributed by atoms with E-state index in [2.05, 4.69) is 12.2 Å². The summed E-state index contributed by atoms with van der Waals surface area (Å²) in [4.78, 5) is 21.2. The summed E-state index contributed by atoms with van der Waals surface area (Å²) in [6.45, 7) is 2.33. The van der Waals surface area contributed by atoms with Gasteiger partial charge in [0.05, 0.1) is 12.2 Å². The van der Waals surface area contributed by atoms with E-state index in [1.54, 1.807) is 11.8 Å². The van der Waals surface area contributed by atoms with Crippen molar-refractivity contribution in [3.63, 3.8) is 0 Å². The molecule has 5 heteroatoms. The number of thioether (sulfide) groups is 1. The molecule has 2 N–H and O–H groups in total. The van der Waals surface area contributed by atoms with Crippen molar-refractivity contribution in [1.29, 1.82) is 0 Å². The van der Waals surface area contributed by atoms with Gasteiger partial charge in [-0.2, -0.15) is 11.8 Å². The lowest BCUT2D eigenvalue weighted by Gasteiger charge is -2.02. The average molecular weight is 219 g/mol. The highest BCUT2D eigenvalue weighted by molar-refractivity contribution is 7.99. The maximum atomic E-state index is 11.1. The number of carbonyl (C=O) groups is 2. The molecule has 0 fully saturated rings. The molecule has 14 heavy (non-hydrogen) atoms. The van der Waals surface area contributed by atoms with Crippen LogP contribution in [-0.2, 0) is 9.59 Å². The van der Waals surface area contributed by atoms with E-state index in [-0.39, 0.29) is 18.9 Å². The van der Waals surface area contributed by atoms with Gasteiger partial charge < -0.3 is 10.4 Å². The minimum Gasteiger partial charge on any atom is -0.481 e. The topological polar surface area (TPSA) is 66.4 Å². The molecule has 0 aromatic carbocycles. The summed E-state index contributed by atoms with van der Waals surface area (Å²) in [6.07, 6.45) is 2.24. The Hall–Kier alpha value is -0.710. The van der Waals surface area contributed by atoms with Gasteiger partial charge in [-0.1, -0.05) is 13.3 Å². The molecule has 0 rings (SSSR count). The number of unbranched alkanes of at least 4 members (excludes halogenated alkanes) is 1. The first kappa shape index (κ1) is 13.3. The highest BCUT2D eigenvalue weighted by Gasteiger charge is 2.01. The first-order valence-corrected chi connectivity index (χ1v) is 5.88. The van der Waals surface area contributed by atoms with E-state index in [1.165, 1.54) is 0 Å². The molecular formula is C9H17NO3S. The summed E-state index contributed by atoms with van der Waals surface area (Å²) in [5.74, 6) is 0.457. The van der Waals surface area contributed by atoms with E-state index in [0.29, 0.717) is 5.75 Å². The fraction of sp³-hybridized carbons (Fsp3) is 0.778. The number of hydrogen-bond donors (Lipinski definition) is 2. The molecule has 0 aliphatic rings. The Morgan fingerprint density at radius 3 is 2.71 bits per heavy atom. The van der Waals surface area contributed by atoms with Crippen molar-refractivity contribution < 1.29 is 14.7 Å². The van der Waals surface area contributed by atoms with E-state index in [9.17, 15) is 9.59 Å². The standard InChI is InChI=1S/C9H17NO3S/c1-2-3-6-14-7-8(11)10-5-4-9(12)13/h2-7H2,1H3,(H,10,11)(H,12,13). The van der Waals surface area contributed by atoms with Crippen LogP contribution in [0.15, 0.2) is 0 Å². The zero-order valence-corrected chi connectivity index (χ0v) is 9.23. The first-order chi connectivity index (χ1) is 6.66. The fourth-order valence-electron chi connectivity index (χ4n) is 0.771. The average Bonchev–Trinajstić information content (AvgIpc) is 2.12. The molecule has 0 spiro atoms. The van der Waals surface area contributed by atoms with Crippen molar-refractivity contribution in [3.8, 4) is 0 Å². The van der Waals surface area contributed by atoms with E-state index >= 15 is 0 Å². The molecule has 0 atom stereocenters. The molecule has 0 heterocycles. The molecule has 4 nitrogen and oxygen atoms in total. The predicted octanol–water partition coefficient (Wildman–Crippen LogP) is 1.11. The minimum absolute atomic E-state index is 0.00856. The van der Waals surface area contributed by atoms with Crippen molar-refractivity contribution >= 4 is 23.6 Å². The molecule has 0 aliphatic carbocycles. The maximum Gasteiger partial charge on any atom is 0.305 e. The van der Waals surface area contributed by atoms with Gasteiger partial charge in [0, 0.05) is 6.54 Å². The highest BCUT2D eigenvalue weighted by atomic mass is 32.2. The summed E-state index contributed by atoms with van der Waals surface area (Å²) >= 11 is 1.59. The van der Waals surface area contributed by atoms with Crippen LogP contribution < -0.4 is 5.32 Å². The third-order valence-corrected chi connectivity index (χ3v) is 2.58. The Balaban J connectivity index is 3.24. The van der Waals surface area contributed by atoms with Crippen LogP contribution in [0.2, 0.25) is 0 Å². The van der Waals surface area contributed by atoms with Crippen LogP contribution in [0.25, 0.3) is 0 Å². The van der Waals surface area contributed by atoms with Gasteiger partial charge in [0.15, 0.2) is 0 Å². The molecule has 0 unspecified atom stereocenters. The molecule has 82 valence electrons. The quantitative estimate of drug-likeness (QED) is 0.600. The number of carbonyl (C=O) groups excluding carboxylic acids is 1. The molecule has 0 aromatic rings. The molecule has 0 radical (unpaired) electrons. The number of amides is 1. The van der Waals surface area contributed by atoms with Crippen LogP contribution in [0.3, 0.4) is 0 Å². The molecule has 0 aliphatic heterocycles. The van der Waals surface area contributed by atoms with Gasteiger partial charge in [-0.25, -0.2) is 0 Å². The summed E-state index contributed by atoms with van der Waals surface area (Å²) in [5.41, 5.74) is 0. The number of hydrogen-bond acceptors (Lipinski definition) is 3. The van der Waals surface area contributed by atoms with Crippen LogP contribution in [0, 0.1) is 0 Å². The second-order valence-corrected chi connectivity index (χ2v) is 4.01. The Bertz CT molecular complexity index is 185. The molecule has 0 saturated carbocycles. The summed E-state index contributed by atoms with van der Waals surface area (Å²) in [5, 5.41) is 10.9. The molecule has 1 amide bonds. The Morgan fingerprint density at radius 1 is 1.43 bits per heavy atom. The van der Waals surface area contributed by atoms with Gasteiger partial charge in [0.2, 0.25) is 5.91 Å². The number of carboxylic acids is 1. The lowest BCUT2D eigenvalue weighted by molar-refractivity contribution is -0.136. The summed E-state index contributed by atoms with van der Waals surface area (Å²) < 4.78 is 0. The van der Waals surface area contributed by atoms with E-state index < -0.39 is 5.97 Å². The van der Waals surface area contributed by atoms with Crippen molar-refractivity contribution in [2.24, 2.45) is 0 Å². The van der Waals surface area contributed by atoms with Crippen molar-refractivity contribution in [1.82, 2.24) is 5.32 Å².